The molecule has 0 N–H and O–H groups in total. The Balaban J connectivity index is 1.21. The number of pyridine rings is 2. The predicted octanol–water partition coefficient (Wildman–Crippen LogP) is 9.66. The first-order chi connectivity index (χ1) is 25.5. The minimum atomic E-state index is -0.333. The molecule has 252 valence electrons. The summed E-state index contributed by atoms with van der Waals surface area (Å²) in [5.74, 6) is 2.75. The van der Waals surface area contributed by atoms with Crippen LogP contribution in [0.1, 0.15) is 22.9 Å². The summed E-state index contributed by atoms with van der Waals surface area (Å²) in [7, 11) is 1.65. The Morgan fingerprint density at radius 3 is 2.27 bits per heavy atom. The van der Waals surface area contributed by atoms with Crippen LogP contribution in [-0.2, 0) is 0 Å². The van der Waals surface area contributed by atoms with E-state index in [0.717, 1.165) is 67.0 Å². The van der Waals surface area contributed by atoms with Crippen molar-refractivity contribution < 1.29 is 9.47 Å². The molecule has 0 fully saturated rings. The van der Waals surface area contributed by atoms with E-state index in [-0.39, 0.29) is 6.04 Å². The van der Waals surface area contributed by atoms with Gasteiger partial charge in [0.15, 0.2) is 0 Å². The standard InChI is InChI=1S/C43H33N7O2/c1-27-8-10-29(11-9-27)41-42(37-25-45-26-47-37)48-50(43(41)30-15-17-44-18-16-30)31-21-33(51-3)23-34(22-31)52-32-12-13-36-35-6-4-5-7-38(35)49(39(36)24-32)40-20-28(2)14-19-46-40/h4-26,37H,1-3H3. The molecule has 5 heterocycles. The molecule has 4 aromatic carbocycles. The van der Waals surface area contributed by atoms with Gasteiger partial charge in [-0.25, -0.2) is 14.7 Å². The molecule has 0 aliphatic carbocycles. The predicted molar refractivity (Wildman–Crippen MR) is 207 cm³/mol. The highest BCUT2D eigenvalue weighted by Crippen LogP contribution is 2.42. The zero-order chi connectivity index (χ0) is 35.2. The largest absolute Gasteiger partial charge is 0.497 e. The third-order valence-corrected chi connectivity index (χ3v) is 9.36. The third kappa shape index (κ3) is 5.49. The zero-order valence-corrected chi connectivity index (χ0v) is 28.8. The quantitative estimate of drug-likeness (QED) is 0.160. The fourth-order valence-corrected chi connectivity index (χ4v) is 6.92. The van der Waals surface area contributed by atoms with Crippen LogP contribution in [0.3, 0.4) is 0 Å². The molecule has 0 saturated carbocycles. The lowest BCUT2D eigenvalue weighted by atomic mass is 9.96. The van der Waals surface area contributed by atoms with Crippen molar-refractivity contribution >= 4 is 34.4 Å². The van der Waals surface area contributed by atoms with Crippen LogP contribution in [-0.4, -0.2) is 44.0 Å². The Kier molecular flexibility index (Phi) is 7.66. The van der Waals surface area contributed by atoms with Crippen LogP contribution in [0.25, 0.3) is 55.7 Å². The minimum Gasteiger partial charge on any atom is -0.497 e. The van der Waals surface area contributed by atoms with E-state index >= 15 is 0 Å². The first-order valence-corrected chi connectivity index (χ1v) is 17.0. The van der Waals surface area contributed by atoms with E-state index in [2.05, 4.69) is 100 Å². The summed E-state index contributed by atoms with van der Waals surface area (Å²) in [4.78, 5) is 18.0. The molecule has 1 atom stereocenters. The zero-order valence-electron chi connectivity index (χ0n) is 28.8. The number of para-hydroxylation sites is 1. The van der Waals surface area contributed by atoms with E-state index in [1.54, 1.807) is 25.8 Å². The number of aromatic nitrogens is 5. The summed E-state index contributed by atoms with van der Waals surface area (Å²) in [6.45, 7) is 4.16. The number of aliphatic imine (C=N–C) groups is 2. The summed E-state index contributed by atoms with van der Waals surface area (Å²) in [6.07, 6.45) is 8.84. The fraction of sp³-hybridized carbons (Fsp3) is 0.0930. The Bertz CT molecular complexity index is 2660. The number of fused-ring (bicyclic) bond motifs is 3. The second-order valence-electron chi connectivity index (χ2n) is 12.8. The summed E-state index contributed by atoms with van der Waals surface area (Å²) >= 11 is 0. The number of methoxy groups -OCH3 is 1. The Morgan fingerprint density at radius 2 is 1.48 bits per heavy atom. The highest BCUT2D eigenvalue weighted by atomic mass is 16.5. The lowest BCUT2D eigenvalue weighted by Gasteiger charge is -2.14. The molecule has 0 radical (unpaired) electrons. The molecule has 0 spiro atoms. The van der Waals surface area contributed by atoms with Gasteiger partial charge in [-0.15, -0.1) is 0 Å². The molecule has 4 aromatic heterocycles. The van der Waals surface area contributed by atoms with Crippen molar-refractivity contribution in [3.8, 4) is 51.1 Å². The Morgan fingerprint density at radius 1 is 0.673 bits per heavy atom. The molecule has 9 nitrogen and oxygen atoms in total. The second-order valence-corrected chi connectivity index (χ2v) is 12.8. The number of hydrogen-bond acceptors (Lipinski definition) is 7. The van der Waals surface area contributed by atoms with Crippen LogP contribution >= 0.6 is 0 Å². The van der Waals surface area contributed by atoms with Gasteiger partial charge in [0.1, 0.15) is 41.1 Å². The van der Waals surface area contributed by atoms with Crippen molar-refractivity contribution in [1.29, 1.82) is 0 Å². The van der Waals surface area contributed by atoms with Gasteiger partial charge in [0.05, 0.1) is 29.5 Å². The van der Waals surface area contributed by atoms with Crippen LogP contribution in [0.5, 0.6) is 17.2 Å². The molecule has 1 aliphatic rings. The van der Waals surface area contributed by atoms with E-state index < -0.39 is 0 Å². The van der Waals surface area contributed by atoms with Crippen molar-refractivity contribution in [3.05, 3.63) is 145 Å². The maximum atomic E-state index is 6.67. The lowest BCUT2D eigenvalue weighted by Crippen LogP contribution is -2.02. The highest BCUT2D eigenvalue weighted by Gasteiger charge is 2.27. The SMILES string of the molecule is COc1cc(Oc2ccc3c4ccccc4n(-c4cc(C)ccn4)c3c2)cc(-n2nc(C3C=NC=N3)c(-c3ccc(C)cc3)c2-c2ccncc2)c1. The monoisotopic (exact) mass is 679 g/mol. The third-order valence-electron chi connectivity index (χ3n) is 9.36. The van der Waals surface area contributed by atoms with Gasteiger partial charge in [-0.1, -0.05) is 48.0 Å². The van der Waals surface area contributed by atoms with Gasteiger partial charge in [0.2, 0.25) is 0 Å². The van der Waals surface area contributed by atoms with Crippen LogP contribution in [0.4, 0.5) is 0 Å². The molecule has 0 amide bonds. The summed E-state index contributed by atoms with van der Waals surface area (Å²) in [5, 5.41) is 7.51. The van der Waals surface area contributed by atoms with E-state index in [4.69, 9.17) is 19.6 Å². The van der Waals surface area contributed by atoms with Crippen molar-refractivity contribution in [1.82, 2.24) is 24.3 Å². The topological polar surface area (TPSA) is 91.7 Å². The van der Waals surface area contributed by atoms with Crippen molar-refractivity contribution in [2.45, 2.75) is 19.9 Å². The smallest absolute Gasteiger partial charge is 0.137 e. The maximum absolute atomic E-state index is 6.67. The van der Waals surface area contributed by atoms with Gasteiger partial charge in [-0.05, 0) is 67.4 Å². The fourth-order valence-electron chi connectivity index (χ4n) is 6.92. The summed E-state index contributed by atoms with van der Waals surface area (Å²) in [5.41, 5.74) is 9.79. The van der Waals surface area contributed by atoms with Gasteiger partial charge >= 0.3 is 0 Å². The average Bonchev–Trinajstić information content (AvgIpc) is 3.92. The van der Waals surface area contributed by atoms with E-state index in [1.807, 2.05) is 59.6 Å². The molecular weight excluding hydrogens is 647 g/mol. The molecule has 9 rings (SSSR count). The van der Waals surface area contributed by atoms with Gasteiger partial charge in [-0.3, -0.25) is 14.5 Å². The lowest BCUT2D eigenvalue weighted by molar-refractivity contribution is 0.408. The van der Waals surface area contributed by atoms with Crippen molar-refractivity contribution in [2.24, 2.45) is 9.98 Å². The molecular formula is C43H33N7O2. The average molecular weight is 680 g/mol. The van der Waals surface area contributed by atoms with Crippen LogP contribution in [0, 0.1) is 13.8 Å². The van der Waals surface area contributed by atoms with Crippen LogP contribution < -0.4 is 9.47 Å². The number of benzene rings is 4. The molecule has 8 aromatic rings. The molecule has 9 heteroatoms. The second kappa shape index (κ2) is 12.8. The van der Waals surface area contributed by atoms with E-state index in [1.165, 1.54) is 5.56 Å². The molecule has 1 unspecified atom stereocenters. The summed E-state index contributed by atoms with van der Waals surface area (Å²) in [6, 6.07) is 36.6. The van der Waals surface area contributed by atoms with Gasteiger partial charge in [-0.2, -0.15) is 5.10 Å². The Hall–Kier alpha value is -6.87. The molecule has 0 saturated heterocycles. The molecule has 0 bridgehead atoms. The van der Waals surface area contributed by atoms with E-state index in [9.17, 15) is 0 Å². The summed E-state index contributed by atoms with van der Waals surface area (Å²) < 4.78 is 16.7. The highest BCUT2D eigenvalue weighted by molar-refractivity contribution is 6.09. The number of nitrogens with zero attached hydrogens (tertiary/aromatic N) is 7. The normalized spacial score (nSPS) is 13.7. The number of aryl methyl sites for hydroxylation is 2. The molecule has 52 heavy (non-hydrogen) atoms. The number of ether oxygens (including phenoxy) is 2. The van der Waals surface area contributed by atoms with Gasteiger partial charge in [0, 0.05) is 71.0 Å². The first-order valence-electron chi connectivity index (χ1n) is 17.0. The maximum Gasteiger partial charge on any atom is 0.137 e. The van der Waals surface area contributed by atoms with Crippen molar-refractivity contribution in [2.75, 3.05) is 7.11 Å². The molecule has 1 aliphatic heterocycles. The Labute approximate surface area is 300 Å². The van der Waals surface area contributed by atoms with Crippen LogP contribution in [0.2, 0.25) is 0 Å². The van der Waals surface area contributed by atoms with Crippen LogP contribution in [0.15, 0.2) is 138 Å². The first kappa shape index (κ1) is 31.1. The van der Waals surface area contributed by atoms with E-state index in [0.29, 0.717) is 17.2 Å². The van der Waals surface area contributed by atoms with Gasteiger partial charge in [0.25, 0.3) is 0 Å². The van der Waals surface area contributed by atoms with Crippen molar-refractivity contribution in [3.63, 3.8) is 0 Å². The minimum absolute atomic E-state index is 0.333. The number of hydrogen-bond donors (Lipinski definition) is 0. The van der Waals surface area contributed by atoms with Gasteiger partial charge < -0.3 is 9.47 Å². The number of rotatable bonds is 8.